The fourth-order valence-electron chi connectivity index (χ4n) is 2.77. The average Bonchev–Trinajstić information content (AvgIpc) is 3.12. The molecule has 0 bridgehead atoms. The average molecular weight is 363 g/mol. The predicted molar refractivity (Wildman–Crippen MR) is 108 cm³/mol. The molecule has 0 spiro atoms. The van der Waals surface area contributed by atoms with Crippen molar-refractivity contribution in [1.29, 1.82) is 0 Å². The van der Waals surface area contributed by atoms with Crippen LogP contribution in [0, 0.1) is 0 Å². The molecule has 1 aromatic carbocycles. The van der Waals surface area contributed by atoms with E-state index in [0.717, 1.165) is 43.1 Å². The number of carbonyl (C=O) groups is 1. The lowest BCUT2D eigenvalue weighted by molar-refractivity contribution is 0.0827. The molecule has 6 heteroatoms. The molecule has 0 aliphatic carbocycles. The summed E-state index contributed by atoms with van der Waals surface area (Å²) in [6.07, 6.45) is 3.45. The molecule has 0 aromatic heterocycles. The maximum Gasteiger partial charge on any atom is 0.253 e. The first-order valence-electron chi connectivity index (χ1n) is 9.04. The standard InChI is InChI=1S/C19H30N4OS/c1-4-20-19(22-14-17-9-6-12-25-17)21-11-10-15-7-5-8-16(13-15)18(24)23(2)3/h5,7-8,13,17H,4,6,9-12,14H2,1-3H3,(H2,20,21,22). The molecule has 1 aliphatic heterocycles. The first-order chi connectivity index (χ1) is 12.1. The fourth-order valence-corrected chi connectivity index (χ4v) is 3.95. The molecule has 2 N–H and O–H groups in total. The summed E-state index contributed by atoms with van der Waals surface area (Å²) in [6, 6.07) is 7.85. The van der Waals surface area contributed by atoms with E-state index >= 15 is 0 Å². The van der Waals surface area contributed by atoms with Crippen LogP contribution in [-0.2, 0) is 6.42 Å². The van der Waals surface area contributed by atoms with Gasteiger partial charge in [0.2, 0.25) is 0 Å². The highest BCUT2D eigenvalue weighted by Crippen LogP contribution is 2.25. The van der Waals surface area contributed by atoms with Crippen molar-refractivity contribution in [3.05, 3.63) is 35.4 Å². The van der Waals surface area contributed by atoms with Gasteiger partial charge in [-0.3, -0.25) is 9.79 Å². The Balaban J connectivity index is 1.85. The summed E-state index contributed by atoms with van der Waals surface area (Å²) in [5.74, 6) is 2.20. The van der Waals surface area contributed by atoms with E-state index in [4.69, 9.17) is 4.99 Å². The van der Waals surface area contributed by atoms with Gasteiger partial charge < -0.3 is 15.5 Å². The number of nitrogens with zero attached hydrogens (tertiary/aromatic N) is 2. The molecule has 1 unspecified atom stereocenters. The van der Waals surface area contributed by atoms with Crippen LogP contribution in [0.3, 0.4) is 0 Å². The summed E-state index contributed by atoms with van der Waals surface area (Å²) in [6.45, 7) is 4.62. The second-order valence-electron chi connectivity index (χ2n) is 6.43. The zero-order valence-corrected chi connectivity index (χ0v) is 16.4. The Bertz CT molecular complexity index is 583. The molecule has 1 saturated heterocycles. The molecule has 1 amide bonds. The van der Waals surface area contributed by atoms with Gasteiger partial charge in [0, 0.05) is 38.0 Å². The SMILES string of the molecule is CCNC(=NCC1CCCS1)NCCc1cccc(C(=O)N(C)C)c1. The van der Waals surface area contributed by atoms with Gasteiger partial charge in [-0.15, -0.1) is 0 Å². The summed E-state index contributed by atoms with van der Waals surface area (Å²) in [5.41, 5.74) is 1.89. The molecule has 2 rings (SSSR count). The molecule has 1 aromatic rings. The number of rotatable bonds is 7. The Morgan fingerprint density at radius 3 is 2.88 bits per heavy atom. The zero-order chi connectivity index (χ0) is 18.1. The highest BCUT2D eigenvalue weighted by molar-refractivity contribution is 8.00. The summed E-state index contributed by atoms with van der Waals surface area (Å²) >= 11 is 2.03. The molecule has 5 nitrogen and oxygen atoms in total. The summed E-state index contributed by atoms with van der Waals surface area (Å²) in [7, 11) is 3.55. The van der Waals surface area contributed by atoms with Crippen molar-refractivity contribution in [2.75, 3.05) is 39.5 Å². The van der Waals surface area contributed by atoms with Gasteiger partial charge in [-0.25, -0.2) is 0 Å². The van der Waals surface area contributed by atoms with Crippen molar-refractivity contribution in [3.8, 4) is 0 Å². The predicted octanol–water partition coefficient (Wildman–Crippen LogP) is 2.38. The Morgan fingerprint density at radius 1 is 1.36 bits per heavy atom. The van der Waals surface area contributed by atoms with Crippen molar-refractivity contribution in [2.24, 2.45) is 4.99 Å². The highest BCUT2D eigenvalue weighted by atomic mass is 32.2. The Kier molecular flexibility index (Phi) is 8.12. The van der Waals surface area contributed by atoms with E-state index < -0.39 is 0 Å². The van der Waals surface area contributed by atoms with Crippen LogP contribution >= 0.6 is 11.8 Å². The van der Waals surface area contributed by atoms with E-state index in [-0.39, 0.29) is 5.91 Å². The van der Waals surface area contributed by atoms with Gasteiger partial charge in [0.05, 0.1) is 6.54 Å². The zero-order valence-electron chi connectivity index (χ0n) is 15.5. The second kappa shape index (κ2) is 10.3. The topological polar surface area (TPSA) is 56.7 Å². The van der Waals surface area contributed by atoms with E-state index in [2.05, 4.69) is 23.6 Å². The number of benzene rings is 1. The van der Waals surface area contributed by atoms with Crippen molar-refractivity contribution >= 4 is 23.6 Å². The number of hydrogen-bond acceptors (Lipinski definition) is 3. The molecule has 1 heterocycles. The quantitative estimate of drug-likeness (QED) is 0.578. The van der Waals surface area contributed by atoms with Crippen LogP contribution in [-0.4, -0.2) is 61.5 Å². The Morgan fingerprint density at radius 2 is 2.20 bits per heavy atom. The molecule has 1 fully saturated rings. The second-order valence-corrected chi connectivity index (χ2v) is 7.84. The summed E-state index contributed by atoms with van der Waals surface area (Å²) in [5, 5.41) is 7.38. The van der Waals surface area contributed by atoms with Crippen LogP contribution in [0.4, 0.5) is 0 Å². The van der Waals surface area contributed by atoms with Gasteiger partial charge in [-0.2, -0.15) is 11.8 Å². The summed E-state index contributed by atoms with van der Waals surface area (Å²) in [4.78, 5) is 18.4. The van der Waals surface area contributed by atoms with Crippen LogP contribution in [0.25, 0.3) is 0 Å². The third-order valence-corrected chi connectivity index (χ3v) is 5.49. The van der Waals surface area contributed by atoms with Crippen LogP contribution in [0.1, 0.15) is 35.7 Å². The molecule has 25 heavy (non-hydrogen) atoms. The Hall–Kier alpha value is -1.69. The van der Waals surface area contributed by atoms with Crippen LogP contribution in [0.2, 0.25) is 0 Å². The fraction of sp³-hybridized carbons (Fsp3) is 0.579. The van der Waals surface area contributed by atoms with Crippen LogP contribution < -0.4 is 10.6 Å². The Labute approximate surface area is 155 Å². The van der Waals surface area contributed by atoms with Gasteiger partial charge in [-0.1, -0.05) is 12.1 Å². The van der Waals surface area contributed by atoms with Crippen molar-refractivity contribution in [2.45, 2.75) is 31.4 Å². The maximum absolute atomic E-state index is 12.1. The number of thioether (sulfide) groups is 1. The normalized spacial score (nSPS) is 17.4. The lowest BCUT2D eigenvalue weighted by Crippen LogP contribution is -2.38. The molecule has 0 radical (unpaired) electrons. The van der Waals surface area contributed by atoms with Gasteiger partial charge in [0.1, 0.15) is 0 Å². The number of aliphatic imine (C=N–C) groups is 1. The van der Waals surface area contributed by atoms with E-state index in [1.807, 2.05) is 30.0 Å². The molecule has 138 valence electrons. The van der Waals surface area contributed by atoms with E-state index in [1.165, 1.54) is 18.6 Å². The first-order valence-corrected chi connectivity index (χ1v) is 10.1. The van der Waals surface area contributed by atoms with Gasteiger partial charge in [0.15, 0.2) is 5.96 Å². The monoisotopic (exact) mass is 362 g/mol. The van der Waals surface area contributed by atoms with Crippen LogP contribution in [0.15, 0.2) is 29.3 Å². The van der Waals surface area contributed by atoms with Crippen LogP contribution in [0.5, 0.6) is 0 Å². The number of nitrogens with one attached hydrogen (secondary N) is 2. The lowest BCUT2D eigenvalue weighted by atomic mass is 10.1. The van der Waals surface area contributed by atoms with Gasteiger partial charge in [0.25, 0.3) is 5.91 Å². The van der Waals surface area contributed by atoms with E-state index in [1.54, 1.807) is 19.0 Å². The number of guanidine groups is 1. The van der Waals surface area contributed by atoms with Gasteiger partial charge in [-0.05, 0) is 49.6 Å². The van der Waals surface area contributed by atoms with E-state index in [9.17, 15) is 4.79 Å². The van der Waals surface area contributed by atoms with Gasteiger partial charge >= 0.3 is 0 Å². The highest BCUT2D eigenvalue weighted by Gasteiger charge is 2.15. The largest absolute Gasteiger partial charge is 0.357 e. The number of amides is 1. The summed E-state index contributed by atoms with van der Waals surface area (Å²) < 4.78 is 0. The first kappa shape index (κ1) is 19.6. The minimum absolute atomic E-state index is 0.0405. The third-order valence-electron chi connectivity index (χ3n) is 4.11. The smallest absolute Gasteiger partial charge is 0.253 e. The van der Waals surface area contributed by atoms with Crippen molar-refractivity contribution < 1.29 is 4.79 Å². The van der Waals surface area contributed by atoms with Crippen molar-refractivity contribution in [3.63, 3.8) is 0 Å². The van der Waals surface area contributed by atoms with E-state index in [0.29, 0.717) is 5.25 Å². The van der Waals surface area contributed by atoms with Crippen molar-refractivity contribution in [1.82, 2.24) is 15.5 Å². The molecular formula is C19H30N4OS. The minimum atomic E-state index is 0.0405. The lowest BCUT2D eigenvalue weighted by Gasteiger charge is -2.13. The maximum atomic E-state index is 12.1. The molecule has 0 saturated carbocycles. The third kappa shape index (κ3) is 6.61. The molecule has 1 aliphatic rings. The molecular weight excluding hydrogens is 332 g/mol. The number of carbonyl (C=O) groups excluding carboxylic acids is 1. The number of hydrogen-bond donors (Lipinski definition) is 2. The molecule has 1 atom stereocenters. The minimum Gasteiger partial charge on any atom is -0.357 e.